The summed E-state index contributed by atoms with van der Waals surface area (Å²) in [6.45, 7) is 7.19. The number of halogens is 3. The number of amides is 1. The Labute approximate surface area is 191 Å². The van der Waals surface area contributed by atoms with E-state index in [4.69, 9.17) is 0 Å². The lowest BCUT2D eigenvalue weighted by Crippen LogP contribution is -2.30. The van der Waals surface area contributed by atoms with E-state index in [1.54, 1.807) is 24.4 Å². The number of likely N-dealkylation sites (tertiary alicyclic amines) is 1. The summed E-state index contributed by atoms with van der Waals surface area (Å²) >= 11 is 0. The van der Waals surface area contributed by atoms with Crippen LogP contribution in [0.5, 0.6) is 5.75 Å². The van der Waals surface area contributed by atoms with Crippen molar-refractivity contribution >= 4 is 11.6 Å². The van der Waals surface area contributed by atoms with Crippen LogP contribution in [0.15, 0.2) is 48.8 Å². The van der Waals surface area contributed by atoms with Crippen LogP contribution in [0, 0.1) is 18.8 Å². The van der Waals surface area contributed by atoms with E-state index >= 15 is 0 Å². The topological polar surface area (TPSA) is 46.8 Å². The minimum atomic E-state index is -4.71. The van der Waals surface area contributed by atoms with Gasteiger partial charge >= 0.3 is 6.36 Å². The Morgan fingerprint density at radius 3 is 2.42 bits per heavy atom. The van der Waals surface area contributed by atoms with Crippen molar-refractivity contribution in [2.75, 3.05) is 13.1 Å². The largest absolute Gasteiger partial charge is 0.573 e. The number of aryl methyl sites for hydroxylation is 1. The van der Waals surface area contributed by atoms with Crippen molar-refractivity contribution in [1.29, 1.82) is 0 Å². The molecule has 176 valence electrons. The second-order valence-corrected chi connectivity index (χ2v) is 8.58. The zero-order chi connectivity index (χ0) is 23.8. The average molecular weight is 460 g/mol. The van der Waals surface area contributed by atoms with Gasteiger partial charge in [0.05, 0.1) is 0 Å². The van der Waals surface area contributed by atoms with Gasteiger partial charge in [-0.2, -0.15) is 0 Å². The molecule has 0 radical (unpaired) electrons. The number of imidazole rings is 1. The first-order valence-electron chi connectivity index (χ1n) is 11.4. The van der Waals surface area contributed by atoms with Gasteiger partial charge in [0, 0.05) is 25.5 Å². The SMILES string of the molecule is CC.Cc1ccn2cc(C(=O)N3C[C@H]4CC(c5ccccc5OC(F)(F)F)C[C@H]4C3)nc2c1. The van der Waals surface area contributed by atoms with E-state index in [-0.39, 0.29) is 29.4 Å². The predicted octanol–water partition coefficient (Wildman–Crippen LogP) is 5.83. The summed E-state index contributed by atoms with van der Waals surface area (Å²) in [7, 11) is 0. The smallest absolute Gasteiger partial charge is 0.405 e. The summed E-state index contributed by atoms with van der Waals surface area (Å²) in [5.74, 6) is 0.337. The van der Waals surface area contributed by atoms with Crippen LogP contribution in [-0.2, 0) is 0 Å². The van der Waals surface area contributed by atoms with Crippen molar-refractivity contribution in [3.05, 3.63) is 65.6 Å². The zero-order valence-corrected chi connectivity index (χ0v) is 19.0. The number of para-hydroxylation sites is 1. The van der Waals surface area contributed by atoms with Crippen molar-refractivity contribution in [3.63, 3.8) is 0 Å². The molecule has 1 aromatic carbocycles. The predicted molar refractivity (Wildman–Crippen MR) is 119 cm³/mol. The number of benzene rings is 1. The number of rotatable bonds is 3. The molecule has 1 saturated carbocycles. The van der Waals surface area contributed by atoms with Crippen LogP contribution >= 0.6 is 0 Å². The molecule has 1 aliphatic carbocycles. The van der Waals surface area contributed by atoms with E-state index in [0.29, 0.717) is 24.3 Å². The lowest BCUT2D eigenvalue weighted by molar-refractivity contribution is -0.275. The van der Waals surface area contributed by atoms with Crippen molar-refractivity contribution in [2.24, 2.45) is 11.8 Å². The van der Waals surface area contributed by atoms with Gasteiger partial charge in [-0.05, 0) is 66.8 Å². The number of hydrogen-bond donors (Lipinski definition) is 0. The number of nitrogens with zero attached hydrogens (tertiary/aromatic N) is 3. The van der Waals surface area contributed by atoms with E-state index in [9.17, 15) is 18.0 Å². The second-order valence-electron chi connectivity index (χ2n) is 8.58. The molecule has 0 N–H and O–H groups in total. The van der Waals surface area contributed by atoms with E-state index in [2.05, 4.69) is 9.72 Å². The highest BCUT2D eigenvalue weighted by Crippen LogP contribution is 2.48. The Morgan fingerprint density at radius 2 is 1.76 bits per heavy atom. The fourth-order valence-electron chi connectivity index (χ4n) is 5.10. The van der Waals surface area contributed by atoms with Crippen LogP contribution in [0.25, 0.3) is 5.65 Å². The number of hydrogen-bond acceptors (Lipinski definition) is 3. The third-order valence-electron chi connectivity index (χ3n) is 6.46. The Kier molecular flexibility index (Phi) is 6.36. The lowest BCUT2D eigenvalue weighted by atomic mass is 9.95. The van der Waals surface area contributed by atoms with E-state index < -0.39 is 6.36 Å². The van der Waals surface area contributed by atoms with Gasteiger partial charge in [-0.3, -0.25) is 4.79 Å². The first kappa shape index (κ1) is 23.1. The molecule has 3 heterocycles. The van der Waals surface area contributed by atoms with E-state index in [1.165, 1.54) is 6.07 Å². The Balaban J connectivity index is 0.00000126. The van der Waals surface area contributed by atoms with Crippen LogP contribution in [0.2, 0.25) is 0 Å². The Hall–Kier alpha value is -3.03. The normalized spacial score (nSPS) is 22.1. The molecule has 5 rings (SSSR count). The average Bonchev–Trinajstić information content (AvgIpc) is 3.46. The van der Waals surface area contributed by atoms with E-state index in [0.717, 1.165) is 24.1 Å². The first-order chi connectivity index (χ1) is 15.8. The van der Waals surface area contributed by atoms with Crippen LogP contribution in [0.4, 0.5) is 13.2 Å². The Morgan fingerprint density at radius 1 is 1.09 bits per heavy atom. The minimum Gasteiger partial charge on any atom is -0.405 e. The molecule has 1 saturated heterocycles. The number of aromatic nitrogens is 2. The summed E-state index contributed by atoms with van der Waals surface area (Å²) in [6.07, 6.45) is 0.422. The monoisotopic (exact) mass is 459 g/mol. The van der Waals surface area contributed by atoms with E-state index in [1.807, 2.05) is 48.4 Å². The molecule has 2 fully saturated rings. The number of fused-ring (bicyclic) bond motifs is 2. The molecule has 8 heteroatoms. The second kappa shape index (κ2) is 9.08. The number of alkyl halides is 3. The number of pyridine rings is 1. The van der Waals surface area contributed by atoms with Gasteiger partial charge in [-0.1, -0.05) is 32.0 Å². The summed E-state index contributed by atoms with van der Waals surface area (Å²) in [6, 6.07) is 10.3. The third-order valence-corrected chi connectivity index (χ3v) is 6.46. The summed E-state index contributed by atoms with van der Waals surface area (Å²) in [5.41, 5.74) is 2.84. The molecule has 33 heavy (non-hydrogen) atoms. The van der Waals surface area contributed by atoms with Gasteiger partial charge in [0.1, 0.15) is 17.1 Å². The maximum absolute atomic E-state index is 13.0. The van der Waals surface area contributed by atoms with Crippen LogP contribution < -0.4 is 4.74 Å². The molecular weight excluding hydrogens is 431 g/mol. The Bertz CT molecular complexity index is 1130. The molecule has 3 atom stereocenters. The molecule has 0 bridgehead atoms. The fraction of sp³-hybridized carbons (Fsp3) is 0.440. The molecule has 2 aliphatic rings. The molecule has 5 nitrogen and oxygen atoms in total. The lowest BCUT2D eigenvalue weighted by Gasteiger charge is -2.20. The zero-order valence-electron chi connectivity index (χ0n) is 19.0. The number of carbonyl (C=O) groups is 1. The van der Waals surface area contributed by atoms with Gasteiger partial charge < -0.3 is 14.0 Å². The van der Waals surface area contributed by atoms with Gasteiger partial charge in [0.25, 0.3) is 5.91 Å². The van der Waals surface area contributed by atoms with Gasteiger partial charge in [-0.15, -0.1) is 13.2 Å². The first-order valence-corrected chi connectivity index (χ1v) is 11.4. The summed E-state index contributed by atoms with van der Waals surface area (Å²) in [5, 5.41) is 0. The van der Waals surface area contributed by atoms with Crippen molar-refractivity contribution in [3.8, 4) is 5.75 Å². The number of carbonyl (C=O) groups excluding carboxylic acids is 1. The standard InChI is InChI=1S/C23H22F3N3O2.C2H6/c1-14-6-7-28-13-19(27-21(28)8-14)22(30)29-11-16-9-15(10-17(16)12-29)18-4-2-3-5-20(18)31-23(24,25)26;1-2/h2-8,13,15-17H,9-12H2,1H3;1-2H3/t15?,16-,17+;. The van der Waals surface area contributed by atoms with Gasteiger partial charge in [-0.25, -0.2) is 4.98 Å². The molecule has 1 aliphatic heterocycles. The molecule has 2 aromatic heterocycles. The quantitative estimate of drug-likeness (QED) is 0.495. The van der Waals surface area contributed by atoms with Crippen LogP contribution in [-0.4, -0.2) is 39.6 Å². The van der Waals surface area contributed by atoms with Gasteiger partial charge in [0.2, 0.25) is 0 Å². The molecular formula is C25H28F3N3O2. The maximum atomic E-state index is 13.0. The highest BCUT2D eigenvalue weighted by molar-refractivity contribution is 5.93. The van der Waals surface area contributed by atoms with Crippen LogP contribution in [0.1, 0.15) is 54.2 Å². The highest BCUT2D eigenvalue weighted by Gasteiger charge is 2.44. The van der Waals surface area contributed by atoms with Crippen molar-refractivity contribution < 1.29 is 22.7 Å². The number of ether oxygens (including phenoxy) is 1. The molecule has 1 amide bonds. The molecule has 0 spiro atoms. The van der Waals surface area contributed by atoms with Crippen molar-refractivity contribution in [1.82, 2.24) is 14.3 Å². The maximum Gasteiger partial charge on any atom is 0.573 e. The minimum absolute atomic E-state index is 0.00368. The molecule has 1 unspecified atom stereocenters. The van der Waals surface area contributed by atoms with Crippen LogP contribution in [0.3, 0.4) is 0 Å². The van der Waals surface area contributed by atoms with Gasteiger partial charge in [0.15, 0.2) is 0 Å². The molecule has 3 aromatic rings. The summed E-state index contributed by atoms with van der Waals surface area (Å²) < 4.78 is 44.4. The third kappa shape index (κ3) is 4.84. The fourth-order valence-corrected chi connectivity index (χ4v) is 5.10. The summed E-state index contributed by atoms with van der Waals surface area (Å²) in [4.78, 5) is 19.3. The highest BCUT2D eigenvalue weighted by atomic mass is 19.4. The van der Waals surface area contributed by atoms with Crippen molar-refractivity contribution in [2.45, 2.75) is 45.9 Å².